The van der Waals surface area contributed by atoms with Crippen molar-refractivity contribution in [3.63, 3.8) is 0 Å². The zero-order valence-corrected chi connectivity index (χ0v) is 12.4. The lowest BCUT2D eigenvalue weighted by Gasteiger charge is -2.35. The molecule has 1 aliphatic carbocycles. The van der Waals surface area contributed by atoms with Crippen molar-refractivity contribution in [3.8, 4) is 6.07 Å². The van der Waals surface area contributed by atoms with Crippen molar-refractivity contribution in [2.45, 2.75) is 45.1 Å². The Kier molecular flexibility index (Phi) is 5.35. The second kappa shape index (κ2) is 7.24. The highest BCUT2D eigenvalue weighted by atomic mass is 16.1. The predicted octanol–water partition coefficient (Wildman–Crippen LogP) is 2.47. The summed E-state index contributed by atoms with van der Waals surface area (Å²) in [4.78, 5) is 12.2. The molecular weight excluding hydrogens is 262 g/mol. The zero-order chi connectivity index (χ0) is 15.1. The lowest BCUT2D eigenvalue weighted by atomic mass is 9.71. The number of nitriles is 1. The van der Waals surface area contributed by atoms with Crippen LogP contribution in [0.3, 0.4) is 0 Å². The maximum atomic E-state index is 12.2. The van der Waals surface area contributed by atoms with Crippen LogP contribution in [0.1, 0.15) is 49.7 Å². The first-order valence-corrected chi connectivity index (χ1v) is 7.63. The van der Waals surface area contributed by atoms with Crippen LogP contribution < -0.4 is 11.1 Å². The molecule has 0 aromatic heterocycles. The third-order valence-corrected chi connectivity index (χ3v) is 4.43. The lowest BCUT2D eigenvalue weighted by Crippen LogP contribution is -2.38. The maximum Gasteiger partial charge on any atom is 0.220 e. The Labute approximate surface area is 126 Å². The number of rotatable bonds is 5. The number of carbonyl (C=O) groups excluding carboxylic acids is 1. The Morgan fingerprint density at radius 1 is 1.33 bits per heavy atom. The van der Waals surface area contributed by atoms with Gasteiger partial charge in [-0.05, 0) is 42.5 Å². The summed E-state index contributed by atoms with van der Waals surface area (Å²) >= 11 is 0. The third-order valence-electron chi connectivity index (χ3n) is 4.43. The second-order valence-corrected chi connectivity index (χ2v) is 6.03. The first-order valence-electron chi connectivity index (χ1n) is 7.63. The predicted molar refractivity (Wildman–Crippen MR) is 82.2 cm³/mol. The third kappa shape index (κ3) is 4.30. The zero-order valence-electron chi connectivity index (χ0n) is 12.4. The fourth-order valence-corrected chi connectivity index (χ4v) is 3.11. The molecule has 2 rings (SSSR count). The molecule has 1 aliphatic rings. The molecule has 0 aliphatic heterocycles. The summed E-state index contributed by atoms with van der Waals surface area (Å²) in [5.41, 5.74) is 7.48. The maximum absolute atomic E-state index is 12.2. The van der Waals surface area contributed by atoms with E-state index in [0.717, 1.165) is 18.4 Å². The van der Waals surface area contributed by atoms with Gasteiger partial charge in [0.15, 0.2) is 0 Å². The number of amides is 1. The van der Waals surface area contributed by atoms with Gasteiger partial charge in [0.2, 0.25) is 5.91 Å². The number of carbonyl (C=O) groups is 1. The van der Waals surface area contributed by atoms with Crippen molar-refractivity contribution in [2.75, 3.05) is 6.54 Å². The van der Waals surface area contributed by atoms with Crippen LogP contribution in [-0.2, 0) is 11.3 Å². The number of nitrogens with zero attached hydrogens (tertiary/aromatic N) is 1. The van der Waals surface area contributed by atoms with Crippen LogP contribution in [0.15, 0.2) is 24.3 Å². The standard InChI is InChI=1S/C17H23N3O/c18-11-14-5-4-6-15(9-14)12-20-16(21)10-17(13-19)7-2-1-3-8-17/h4-6,9H,1-3,7-8,10,12-13,19H2,(H,20,21). The summed E-state index contributed by atoms with van der Waals surface area (Å²) in [6.07, 6.45) is 6.23. The number of hydrogen-bond donors (Lipinski definition) is 2. The fraction of sp³-hybridized carbons (Fsp3) is 0.529. The summed E-state index contributed by atoms with van der Waals surface area (Å²) in [5, 5.41) is 11.8. The van der Waals surface area contributed by atoms with Gasteiger partial charge in [0.25, 0.3) is 0 Å². The Morgan fingerprint density at radius 3 is 2.76 bits per heavy atom. The van der Waals surface area contributed by atoms with Gasteiger partial charge in [0.1, 0.15) is 0 Å². The van der Waals surface area contributed by atoms with Crippen LogP contribution in [0, 0.1) is 16.7 Å². The first kappa shape index (κ1) is 15.5. The molecule has 4 heteroatoms. The highest BCUT2D eigenvalue weighted by Crippen LogP contribution is 2.38. The Balaban J connectivity index is 1.88. The summed E-state index contributed by atoms with van der Waals surface area (Å²) in [7, 11) is 0. The van der Waals surface area contributed by atoms with E-state index in [9.17, 15) is 4.79 Å². The van der Waals surface area contributed by atoms with E-state index < -0.39 is 0 Å². The van der Waals surface area contributed by atoms with Gasteiger partial charge in [-0.15, -0.1) is 0 Å². The Morgan fingerprint density at radius 2 is 2.10 bits per heavy atom. The second-order valence-electron chi connectivity index (χ2n) is 6.03. The molecule has 21 heavy (non-hydrogen) atoms. The van der Waals surface area contributed by atoms with E-state index in [4.69, 9.17) is 11.0 Å². The van der Waals surface area contributed by atoms with Crippen LogP contribution in [0.5, 0.6) is 0 Å². The normalized spacial score (nSPS) is 17.0. The first-order chi connectivity index (χ1) is 10.2. The summed E-state index contributed by atoms with van der Waals surface area (Å²) < 4.78 is 0. The van der Waals surface area contributed by atoms with E-state index in [1.54, 1.807) is 12.1 Å². The molecule has 1 aromatic carbocycles. The van der Waals surface area contributed by atoms with Gasteiger partial charge < -0.3 is 11.1 Å². The lowest BCUT2D eigenvalue weighted by molar-refractivity contribution is -0.124. The van der Waals surface area contributed by atoms with E-state index >= 15 is 0 Å². The topological polar surface area (TPSA) is 78.9 Å². The number of nitrogens with one attached hydrogen (secondary N) is 1. The molecule has 1 aromatic rings. The van der Waals surface area contributed by atoms with Crippen LogP contribution in [0.4, 0.5) is 0 Å². The van der Waals surface area contributed by atoms with Gasteiger partial charge in [-0.3, -0.25) is 4.79 Å². The van der Waals surface area contributed by atoms with Gasteiger partial charge in [-0.1, -0.05) is 31.4 Å². The van der Waals surface area contributed by atoms with E-state index in [0.29, 0.717) is 25.1 Å². The van der Waals surface area contributed by atoms with E-state index in [1.807, 2.05) is 12.1 Å². The Hall–Kier alpha value is -1.86. The van der Waals surface area contributed by atoms with E-state index in [-0.39, 0.29) is 11.3 Å². The monoisotopic (exact) mass is 285 g/mol. The minimum atomic E-state index is -0.00314. The van der Waals surface area contributed by atoms with Crippen molar-refractivity contribution < 1.29 is 4.79 Å². The van der Waals surface area contributed by atoms with E-state index in [1.165, 1.54) is 19.3 Å². The molecule has 0 heterocycles. The van der Waals surface area contributed by atoms with Gasteiger partial charge in [-0.2, -0.15) is 5.26 Å². The van der Waals surface area contributed by atoms with Crippen molar-refractivity contribution in [1.29, 1.82) is 5.26 Å². The summed E-state index contributed by atoms with van der Waals surface area (Å²) in [5.74, 6) is 0.0599. The highest BCUT2D eigenvalue weighted by Gasteiger charge is 2.32. The number of benzene rings is 1. The SMILES string of the molecule is N#Cc1cccc(CNC(=O)CC2(CN)CCCCC2)c1. The van der Waals surface area contributed by atoms with Crippen molar-refractivity contribution in [1.82, 2.24) is 5.32 Å². The molecule has 0 unspecified atom stereocenters. The molecule has 1 saturated carbocycles. The molecule has 1 fully saturated rings. The Bertz CT molecular complexity index is 527. The minimum Gasteiger partial charge on any atom is -0.352 e. The largest absolute Gasteiger partial charge is 0.352 e. The smallest absolute Gasteiger partial charge is 0.220 e. The van der Waals surface area contributed by atoms with Crippen LogP contribution >= 0.6 is 0 Å². The molecule has 0 bridgehead atoms. The molecule has 112 valence electrons. The molecule has 1 amide bonds. The molecule has 0 atom stereocenters. The van der Waals surface area contributed by atoms with Gasteiger partial charge >= 0.3 is 0 Å². The number of nitrogens with two attached hydrogens (primary N) is 1. The highest BCUT2D eigenvalue weighted by molar-refractivity contribution is 5.76. The molecule has 0 spiro atoms. The van der Waals surface area contributed by atoms with Crippen molar-refractivity contribution >= 4 is 5.91 Å². The van der Waals surface area contributed by atoms with Gasteiger partial charge in [-0.25, -0.2) is 0 Å². The summed E-state index contributed by atoms with van der Waals surface area (Å²) in [6.45, 7) is 1.05. The minimum absolute atomic E-state index is 0.00314. The van der Waals surface area contributed by atoms with Gasteiger partial charge in [0, 0.05) is 13.0 Å². The van der Waals surface area contributed by atoms with Crippen LogP contribution in [0.2, 0.25) is 0 Å². The van der Waals surface area contributed by atoms with E-state index in [2.05, 4.69) is 11.4 Å². The average Bonchev–Trinajstić information content (AvgIpc) is 2.54. The van der Waals surface area contributed by atoms with Gasteiger partial charge in [0.05, 0.1) is 11.6 Å². The molecule has 4 nitrogen and oxygen atoms in total. The molecular formula is C17H23N3O. The molecule has 0 saturated heterocycles. The number of hydrogen-bond acceptors (Lipinski definition) is 3. The molecule has 0 radical (unpaired) electrons. The fourth-order valence-electron chi connectivity index (χ4n) is 3.11. The van der Waals surface area contributed by atoms with Crippen LogP contribution in [-0.4, -0.2) is 12.5 Å². The average molecular weight is 285 g/mol. The quantitative estimate of drug-likeness (QED) is 0.872. The van der Waals surface area contributed by atoms with Crippen molar-refractivity contribution in [3.05, 3.63) is 35.4 Å². The van der Waals surface area contributed by atoms with Crippen molar-refractivity contribution in [2.24, 2.45) is 11.1 Å². The van der Waals surface area contributed by atoms with Crippen LogP contribution in [0.25, 0.3) is 0 Å². The summed E-state index contributed by atoms with van der Waals surface area (Å²) in [6, 6.07) is 9.43. The molecule has 3 N–H and O–H groups in total.